The second kappa shape index (κ2) is 8.61. The smallest absolute Gasteiger partial charge is 0.294 e. The van der Waals surface area contributed by atoms with Crippen molar-refractivity contribution in [1.82, 2.24) is 5.32 Å². The lowest BCUT2D eigenvalue weighted by atomic mass is 10.1. The Bertz CT molecular complexity index is 755. The van der Waals surface area contributed by atoms with Crippen LogP contribution in [-0.2, 0) is 27.8 Å². The van der Waals surface area contributed by atoms with Crippen LogP contribution in [0.15, 0.2) is 59.5 Å². The summed E-state index contributed by atoms with van der Waals surface area (Å²) in [5.74, 6) is 0.0143. The third-order valence-electron chi connectivity index (χ3n) is 3.67. The predicted molar refractivity (Wildman–Crippen MR) is 92.4 cm³/mol. The minimum atomic E-state index is -4.15. The number of hydrogen-bond acceptors (Lipinski definition) is 3. The monoisotopic (exact) mass is 347 g/mol. The first kappa shape index (κ1) is 18.2. The molecule has 0 radical (unpaired) electrons. The lowest BCUT2D eigenvalue weighted by Gasteiger charge is -2.06. The number of rotatable bonds is 8. The van der Waals surface area contributed by atoms with E-state index >= 15 is 0 Å². The molecule has 1 amide bonds. The highest BCUT2D eigenvalue weighted by molar-refractivity contribution is 7.85. The first-order chi connectivity index (χ1) is 11.4. The molecule has 0 aromatic heterocycles. The summed E-state index contributed by atoms with van der Waals surface area (Å²) in [6, 6.07) is 16.0. The molecule has 2 rings (SSSR count). The SMILES string of the molecule is O=C(CCCc1ccc(S(=O)(=O)O)cc1)NCCc1ccccc1. The highest BCUT2D eigenvalue weighted by Gasteiger charge is 2.08. The van der Waals surface area contributed by atoms with Crippen LogP contribution in [0.3, 0.4) is 0 Å². The Balaban J connectivity index is 1.67. The highest BCUT2D eigenvalue weighted by Crippen LogP contribution is 2.12. The highest BCUT2D eigenvalue weighted by atomic mass is 32.2. The lowest BCUT2D eigenvalue weighted by molar-refractivity contribution is -0.121. The van der Waals surface area contributed by atoms with Crippen LogP contribution in [0, 0.1) is 0 Å². The van der Waals surface area contributed by atoms with E-state index in [2.05, 4.69) is 5.32 Å². The van der Waals surface area contributed by atoms with E-state index in [4.69, 9.17) is 4.55 Å². The van der Waals surface area contributed by atoms with Crippen LogP contribution >= 0.6 is 0 Å². The van der Waals surface area contributed by atoms with Gasteiger partial charge >= 0.3 is 0 Å². The standard InChI is InChI=1S/C18H21NO4S/c20-18(19-14-13-15-5-2-1-3-6-15)8-4-7-16-9-11-17(12-10-16)24(21,22)23/h1-3,5-6,9-12H,4,7-8,13-14H2,(H,19,20)(H,21,22,23). The zero-order chi connectivity index (χ0) is 17.4. The van der Waals surface area contributed by atoms with Gasteiger partial charge in [-0.05, 0) is 42.5 Å². The van der Waals surface area contributed by atoms with Crippen molar-refractivity contribution in [2.75, 3.05) is 6.54 Å². The molecule has 0 fully saturated rings. The van der Waals surface area contributed by atoms with E-state index in [1.54, 1.807) is 12.1 Å². The van der Waals surface area contributed by atoms with Gasteiger partial charge in [-0.3, -0.25) is 9.35 Å². The fourth-order valence-electron chi connectivity index (χ4n) is 2.36. The fourth-order valence-corrected chi connectivity index (χ4v) is 2.84. The summed E-state index contributed by atoms with van der Waals surface area (Å²) < 4.78 is 30.8. The molecule has 0 heterocycles. The molecule has 128 valence electrons. The summed E-state index contributed by atoms with van der Waals surface area (Å²) in [6.07, 6.45) is 2.60. The summed E-state index contributed by atoms with van der Waals surface area (Å²) in [6.45, 7) is 0.617. The number of aryl methyl sites for hydroxylation is 1. The molecule has 24 heavy (non-hydrogen) atoms. The molecule has 2 aromatic carbocycles. The van der Waals surface area contributed by atoms with Crippen molar-refractivity contribution in [3.8, 4) is 0 Å². The van der Waals surface area contributed by atoms with Gasteiger partial charge in [0.05, 0.1) is 4.90 Å². The number of carbonyl (C=O) groups is 1. The number of benzene rings is 2. The molecule has 0 aliphatic heterocycles. The predicted octanol–water partition coefficient (Wildman–Crippen LogP) is 2.61. The van der Waals surface area contributed by atoms with Gasteiger partial charge in [-0.25, -0.2) is 0 Å². The maximum Gasteiger partial charge on any atom is 0.294 e. The van der Waals surface area contributed by atoms with Crippen molar-refractivity contribution in [3.05, 3.63) is 65.7 Å². The summed E-state index contributed by atoms with van der Waals surface area (Å²) in [7, 11) is -4.15. The topological polar surface area (TPSA) is 83.5 Å². The second-order valence-corrected chi connectivity index (χ2v) is 6.98. The van der Waals surface area contributed by atoms with Gasteiger partial charge in [0.1, 0.15) is 0 Å². The Hall–Kier alpha value is -2.18. The normalized spacial score (nSPS) is 11.2. The van der Waals surface area contributed by atoms with Crippen molar-refractivity contribution in [2.24, 2.45) is 0 Å². The van der Waals surface area contributed by atoms with Gasteiger partial charge in [0.25, 0.3) is 10.1 Å². The van der Waals surface area contributed by atoms with E-state index in [1.807, 2.05) is 30.3 Å². The van der Waals surface area contributed by atoms with Crippen molar-refractivity contribution < 1.29 is 17.8 Å². The second-order valence-electron chi connectivity index (χ2n) is 5.56. The van der Waals surface area contributed by atoms with Gasteiger partial charge in [-0.15, -0.1) is 0 Å². The quantitative estimate of drug-likeness (QED) is 0.719. The van der Waals surface area contributed by atoms with Crippen LogP contribution in [0.25, 0.3) is 0 Å². The zero-order valence-electron chi connectivity index (χ0n) is 13.3. The average Bonchev–Trinajstić information content (AvgIpc) is 2.55. The maximum absolute atomic E-state index is 11.8. The van der Waals surface area contributed by atoms with Gasteiger partial charge in [-0.2, -0.15) is 8.42 Å². The number of carbonyl (C=O) groups excluding carboxylic acids is 1. The maximum atomic E-state index is 11.8. The third kappa shape index (κ3) is 6.14. The van der Waals surface area contributed by atoms with Crippen LogP contribution in [0.1, 0.15) is 24.0 Å². The molecular weight excluding hydrogens is 326 g/mol. The molecule has 6 heteroatoms. The zero-order valence-corrected chi connectivity index (χ0v) is 14.1. The Morgan fingerprint density at radius 2 is 1.54 bits per heavy atom. The summed E-state index contributed by atoms with van der Waals surface area (Å²) in [5.41, 5.74) is 2.12. The molecule has 0 aliphatic rings. The molecule has 0 unspecified atom stereocenters. The van der Waals surface area contributed by atoms with Crippen LogP contribution in [-0.4, -0.2) is 25.4 Å². The number of amides is 1. The Morgan fingerprint density at radius 3 is 2.17 bits per heavy atom. The third-order valence-corrected chi connectivity index (χ3v) is 4.54. The lowest BCUT2D eigenvalue weighted by Crippen LogP contribution is -2.25. The van der Waals surface area contributed by atoms with Crippen molar-refractivity contribution in [1.29, 1.82) is 0 Å². The molecule has 2 N–H and O–H groups in total. The Morgan fingerprint density at radius 1 is 0.917 bits per heavy atom. The van der Waals surface area contributed by atoms with E-state index in [1.165, 1.54) is 17.7 Å². The van der Waals surface area contributed by atoms with E-state index in [0.717, 1.165) is 12.0 Å². The van der Waals surface area contributed by atoms with E-state index < -0.39 is 10.1 Å². The molecule has 0 bridgehead atoms. The average molecular weight is 347 g/mol. The number of hydrogen-bond donors (Lipinski definition) is 2. The fraction of sp³-hybridized carbons (Fsp3) is 0.278. The first-order valence-electron chi connectivity index (χ1n) is 7.82. The molecule has 0 spiro atoms. The van der Waals surface area contributed by atoms with Crippen molar-refractivity contribution in [3.63, 3.8) is 0 Å². The van der Waals surface area contributed by atoms with Gasteiger partial charge in [-0.1, -0.05) is 42.5 Å². The first-order valence-corrected chi connectivity index (χ1v) is 9.26. The Labute approximate surface area is 142 Å². The van der Waals surface area contributed by atoms with E-state index in [9.17, 15) is 13.2 Å². The largest absolute Gasteiger partial charge is 0.356 e. The molecule has 2 aromatic rings. The van der Waals surface area contributed by atoms with Crippen molar-refractivity contribution >= 4 is 16.0 Å². The molecular formula is C18H21NO4S. The van der Waals surface area contributed by atoms with Gasteiger partial charge < -0.3 is 5.32 Å². The molecule has 0 aliphatic carbocycles. The minimum Gasteiger partial charge on any atom is -0.356 e. The summed E-state index contributed by atoms with van der Waals surface area (Å²) >= 11 is 0. The van der Waals surface area contributed by atoms with Gasteiger partial charge in [0.15, 0.2) is 0 Å². The Kier molecular flexibility index (Phi) is 6.52. The van der Waals surface area contributed by atoms with Gasteiger partial charge in [0, 0.05) is 13.0 Å². The van der Waals surface area contributed by atoms with E-state index in [0.29, 0.717) is 25.8 Å². The number of nitrogens with one attached hydrogen (secondary N) is 1. The van der Waals surface area contributed by atoms with Crippen LogP contribution in [0.2, 0.25) is 0 Å². The minimum absolute atomic E-state index is 0.0143. The van der Waals surface area contributed by atoms with Crippen molar-refractivity contribution in [2.45, 2.75) is 30.6 Å². The van der Waals surface area contributed by atoms with Gasteiger partial charge in [0.2, 0.25) is 5.91 Å². The van der Waals surface area contributed by atoms with Crippen LogP contribution in [0.4, 0.5) is 0 Å². The molecule has 0 saturated heterocycles. The summed E-state index contributed by atoms with van der Waals surface area (Å²) in [5, 5.41) is 2.90. The molecule has 0 atom stereocenters. The summed E-state index contributed by atoms with van der Waals surface area (Å²) in [4.78, 5) is 11.7. The molecule has 0 saturated carbocycles. The molecule has 5 nitrogen and oxygen atoms in total. The van der Waals surface area contributed by atoms with Crippen LogP contribution < -0.4 is 5.32 Å². The van der Waals surface area contributed by atoms with E-state index in [-0.39, 0.29) is 10.8 Å². The van der Waals surface area contributed by atoms with Crippen LogP contribution in [0.5, 0.6) is 0 Å².